The predicted octanol–water partition coefficient (Wildman–Crippen LogP) is 13.7. The highest BCUT2D eigenvalue weighted by Gasteiger charge is 2.37. The third kappa shape index (κ3) is 6.91. The minimum absolute atomic E-state index is 0.148. The quantitative estimate of drug-likeness (QED) is 0.119. The highest BCUT2D eigenvalue weighted by atomic mass is 32.2. The van der Waals surface area contributed by atoms with Crippen LogP contribution >= 0.6 is 11.8 Å². The Bertz CT molecular complexity index is 3090. The minimum Gasteiger partial charge on any atom is -0.261 e. The van der Waals surface area contributed by atoms with E-state index in [0.717, 1.165) is 50.3 Å². The van der Waals surface area contributed by atoms with Gasteiger partial charge in [0, 0.05) is 48.4 Å². The number of fused-ring (bicyclic) bond motifs is 5. The molecule has 5 nitrogen and oxygen atoms in total. The highest BCUT2D eigenvalue weighted by Crippen LogP contribution is 2.52. The van der Waals surface area contributed by atoms with Gasteiger partial charge in [-0.05, 0) is 63.9 Å². The molecule has 0 saturated heterocycles. The molecule has 10 rings (SSSR count). The van der Waals surface area contributed by atoms with Gasteiger partial charge in [-0.1, -0.05) is 197 Å². The van der Waals surface area contributed by atoms with E-state index in [2.05, 4.69) is 167 Å². The summed E-state index contributed by atoms with van der Waals surface area (Å²) < 4.78 is 0. The van der Waals surface area contributed by atoms with Gasteiger partial charge in [-0.25, -0.2) is 20.0 Å². The van der Waals surface area contributed by atoms with Gasteiger partial charge in [0.2, 0.25) is 0 Å². The van der Waals surface area contributed by atoms with Gasteiger partial charge in [-0.3, -0.25) is 4.99 Å². The van der Waals surface area contributed by atoms with Gasteiger partial charge in [-0.2, -0.15) is 0 Å². The molecule has 0 atom stereocenters. The molecule has 0 amide bonds. The molecule has 300 valence electrons. The van der Waals surface area contributed by atoms with Crippen molar-refractivity contribution in [2.24, 2.45) is 15.0 Å². The van der Waals surface area contributed by atoms with E-state index < -0.39 is 0 Å². The van der Waals surface area contributed by atoms with Gasteiger partial charge in [0.05, 0.1) is 17.9 Å². The number of aromatic nitrogens is 2. The summed E-state index contributed by atoms with van der Waals surface area (Å²) in [5.74, 6) is 1.82. The van der Waals surface area contributed by atoms with E-state index in [1.165, 1.54) is 37.6 Å². The molecule has 0 fully saturated rings. The Labute approximate surface area is 368 Å². The lowest BCUT2D eigenvalue weighted by molar-refractivity contribution is 0.608. The molecule has 0 saturated carbocycles. The molecule has 0 N–H and O–H groups in total. The normalized spacial score (nSPS) is 14.6. The second-order valence-electron chi connectivity index (χ2n) is 16.9. The third-order valence-corrected chi connectivity index (χ3v) is 13.6. The minimum atomic E-state index is -0.158. The van der Waals surface area contributed by atoms with E-state index in [0.29, 0.717) is 24.0 Å². The third-order valence-electron chi connectivity index (χ3n) is 12.4. The fourth-order valence-corrected chi connectivity index (χ4v) is 10.6. The maximum Gasteiger partial charge on any atom is 0.161 e. The highest BCUT2D eigenvalue weighted by molar-refractivity contribution is 7.99. The van der Waals surface area contributed by atoms with Crippen molar-refractivity contribution in [3.8, 4) is 45.0 Å². The number of hydrogen-bond acceptors (Lipinski definition) is 4. The molecule has 7 aromatic carbocycles. The summed E-state index contributed by atoms with van der Waals surface area (Å²) in [6.45, 7) is 13.6. The first-order chi connectivity index (χ1) is 30.2. The second kappa shape index (κ2) is 15.8. The fourth-order valence-electron chi connectivity index (χ4n) is 9.11. The molecule has 6 heteroatoms. The average molecular weight is 820 g/mol. The number of rotatable bonds is 7. The first kappa shape index (κ1) is 39.1. The summed E-state index contributed by atoms with van der Waals surface area (Å²) in [5, 5.41) is 0. The molecular formula is C56H45N5S. The Morgan fingerprint density at radius 2 is 1.16 bits per heavy atom. The SMILES string of the molecule is C=NC(=NC(=NCc1cccc(-c2cc(-c3cccc4c3Sc3ccccc3C4(C)C)nc(-c3ccccc3)n2)c1)c1ccccc1)c1cccc2c1-c1ccccc1C2(C)C. The monoisotopic (exact) mass is 819 g/mol. The van der Waals surface area contributed by atoms with Crippen LogP contribution in [0.3, 0.4) is 0 Å². The molecule has 1 aliphatic carbocycles. The molecule has 0 spiro atoms. The van der Waals surface area contributed by atoms with Crippen LogP contribution in [0.25, 0.3) is 45.0 Å². The van der Waals surface area contributed by atoms with E-state index in [-0.39, 0.29) is 10.8 Å². The summed E-state index contributed by atoms with van der Waals surface area (Å²) in [7, 11) is 0. The van der Waals surface area contributed by atoms with E-state index in [1.807, 2.05) is 60.3 Å². The first-order valence-electron chi connectivity index (χ1n) is 21.0. The van der Waals surface area contributed by atoms with Crippen LogP contribution in [0, 0.1) is 0 Å². The zero-order chi connectivity index (χ0) is 42.4. The predicted molar refractivity (Wildman–Crippen MR) is 258 cm³/mol. The fraction of sp³-hybridized carbons (Fsp3) is 0.125. The van der Waals surface area contributed by atoms with Crippen molar-refractivity contribution < 1.29 is 0 Å². The van der Waals surface area contributed by atoms with Crippen LogP contribution in [0.2, 0.25) is 0 Å². The number of hydrogen-bond donors (Lipinski definition) is 0. The summed E-state index contributed by atoms with van der Waals surface area (Å²) in [4.78, 5) is 27.9. The maximum absolute atomic E-state index is 5.25. The Morgan fingerprint density at radius 1 is 0.548 bits per heavy atom. The maximum atomic E-state index is 5.25. The van der Waals surface area contributed by atoms with Gasteiger partial charge in [0.15, 0.2) is 17.5 Å². The van der Waals surface area contributed by atoms with Crippen LogP contribution in [0.4, 0.5) is 0 Å². The molecule has 1 aromatic heterocycles. The van der Waals surface area contributed by atoms with Crippen molar-refractivity contribution in [2.75, 3.05) is 0 Å². The Kier molecular flexibility index (Phi) is 9.96. The van der Waals surface area contributed by atoms with Crippen molar-refractivity contribution in [3.63, 3.8) is 0 Å². The standard InChI is InChI=1S/C56H45N5S/c1-55(2)43-28-13-12-25-40(43)50-42(27-18-30-45(50)55)54(57-5)61-52(37-20-8-6-9-21-37)58-35-36-19-16-24-39(33-36)47-34-48(60-53(59-47)38-22-10-7-11-23-38)41-26-17-31-46-51(41)62-49-32-15-14-29-44(49)56(46,3)4/h6-34H,5,35H2,1-4H3. The van der Waals surface area contributed by atoms with Crippen LogP contribution in [0.5, 0.6) is 0 Å². The summed E-state index contributed by atoms with van der Waals surface area (Å²) in [6, 6.07) is 61.4. The zero-order valence-corrected chi connectivity index (χ0v) is 36.1. The van der Waals surface area contributed by atoms with Gasteiger partial charge < -0.3 is 0 Å². The van der Waals surface area contributed by atoms with Crippen LogP contribution in [0.15, 0.2) is 201 Å². The van der Waals surface area contributed by atoms with Crippen molar-refractivity contribution >= 4 is 30.2 Å². The molecule has 8 aromatic rings. The summed E-state index contributed by atoms with van der Waals surface area (Å²) >= 11 is 1.83. The van der Waals surface area contributed by atoms with Gasteiger partial charge in [0.25, 0.3) is 0 Å². The number of nitrogens with zero attached hydrogens (tertiary/aromatic N) is 5. The Balaban J connectivity index is 1.05. The lowest BCUT2D eigenvalue weighted by Crippen LogP contribution is -2.24. The summed E-state index contributed by atoms with van der Waals surface area (Å²) in [6.07, 6.45) is 0. The molecule has 0 unspecified atom stereocenters. The van der Waals surface area contributed by atoms with Crippen LogP contribution in [-0.4, -0.2) is 28.4 Å². The van der Waals surface area contributed by atoms with E-state index in [1.54, 1.807) is 0 Å². The van der Waals surface area contributed by atoms with E-state index in [4.69, 9.17) is 20.0 Å². The molecule has 2 heterocycles. The van der Waals surface area contributed by atoms with Crippen LogP contribution in [0.1, 0.15) is 66.6 Å². The van der Waals surface area contributed by atoms with Crippen molar-refractivity contribution in [1.82, 2.24) is 9.97 Å². The molecule has 1 aliphatic heterocycles. The van der Waals surface area contributed by atoms with Gasteiger partial charge in [-0.15, -0.1) is 0 Å². The van der Waals surface area contributed by atoms with Crippen LogP contribution in [-0.2, 0) is 17.4 Å². The Morgan fingerprint density at radius 3 is 1.97 bits per heavy atom. The number of amidine groups is 2. The average Bonchev–Trinajstić information content (AvgIpc) is 3.55. The molecule has 0 radical (unpaired) electrons. The number of aliphatic imine (C=N–C) groups is 3. The van der Waals surface area contributed by atoms with Crippen molar-refractivity contribution in [1.29, 1.82) is 0 Å². The van der Waals surface area contributed by atoms with Crippen molar-refractivity contribution in [2.45, 2.75) is 54.9 Å². The van der Waals surface area contributed by atoms with E-state index >= 15 is 0 Å². The smallest absolute Gasteiger partial charge is 0.161 e. The number of benzene rings is 7. The molecular weight excluding hydrogens is 775 g/mol. The lowest BCUT2D eigenvalue weighted by atomic mass is 9.77. The van der Waals surface area contributed by atoms with E-state index in [9.17, 15) is 0 Å². The molecule has 62 heavy (non-hydrogen) atoms. The molecule has 2 aliphatic rings. The van der Waals surface area contributed by atoms with Gasteiger partial charge >= 0.3 is 0 Å². The second-order valence-corrected chi connectivity index (χ2v) is 18.0. The van der Waals surface area contributed by atoms with Crippen LogP contribution < -0.4 is 0 Å². The first-order valence-corrected chi connectivity index (χ1v) is 21.9. The molecule has 0 bridgehead atoms. The van der Waals surface area contributed by atoms with Gasteiger partial charge in [0.1, 0.15) is 0 Å². The largest absolute Gasteiger partial charge is 0.261 e. The summed E-state index contributed by atoms with van der Waals surface area (Å²) in [5.41, 5.74) is 14.9. The van der Waals surface area contributed by atoms with Crippen molar-refractivity contribution in [3.05, 3.63) is 215 Å². The lowest BCUT2D eigenvalue weighted by Gasteiger charge is -2.35. The zero-order valence-electron chi connectivity index (χ0n) is 35.3. The topological polar surface area (TPSA) is 62.9 Å². The Hall–Kier alpha value is -7.02.